The largest absolute Gasteiger partial charge is 0.384 e. The summed E-state index contributed by atoms with van der Waals surface area (Å²) in [5.41, 5.74) is 6.55. The highest BCUT2D eigenvalue weighted by Gasteiger charge is 2.02. The molecule has 2 aromatic heterocycles. The van der Waals surface area contributed by atoms with Gasteiger partial charge in [-0.2, -0.15) is 4.98 Å². The Bertz CT molecular complexity index is 690. The minimum atomic E-state index is 0.439. The van der Waals surface area contributed by atoms with Crippen LogP contribution in [-0.2, 0) is 0 Å². The van der Waals surface area contributed by atoms with Gasteiger partial charge < -0.3 is 11.1 Å². The van der Waals surface area contributed by atoms with Crippen LogP contribution in [0.25, 0.3) is 10.8 Å². The van der Waals surface area contributed by atoms with Crippen LogP contribution in [0.5, 0.6) is 0 Å². The summed E-state index contributed by atoms with van der Waals surface area (Å²) >= 11 is 0. The molecule has 0 saturated carbocycles. The van der Waals surface area contributed by atoms with Gasteiger partial charge in [0.2, 0.25) is 5.95 Å². The third-order valence-corrected chi connectivity index (χ3v) is 2.60. The predicted octanol–water partition coefficient (Wildman–Crippen LogP) is 2.35. The summed E-state index contributed by atoms with van der Waals surface area (Å²) in [7, 11) is 0. The third kappa shape index (κ3) is 1.93. The molecular formula is C13H11N5. The SMILES string of the molecule is Nc1ccnc(Nc2cccc3cnccc23)n1. The Labute approximate surface area is 104 Å². The van der Waals surface area contributed by atoms with Crippen LogP contribution in [0.15, 0.2) is 48.9 Å². The Balaban J connectivity index is 2.05. The van der Waals surface area contributed by atoms with Crippen LogP contribution in [0.4, 0.5) is 17.5 Å². The lowest BCUT2D eigenvalue weighted by atomic mass is 10.1. The molecule has 0 bridgehead atoms. The second kappa shape index (κ2) is 4.29. The minimum Gasteiger partial charge on any atom is -0.384 e. The van der Waals surface area contributed by atoms with Gasteiger partial charge in [0.15, 0.2) is 0 Å². The van der Waals surface area contributed by atoms with Crippen LogP contribution in [0, 0.1) is 0 Å². The van der Waals surface area contributed by atoms with Gasteiger partial charge in [-0.05, 0) is 18.2 Å². The summed E-state index contributed by atoms with van der Waals surface area (Å²) < 4.78 is 0. The first-order valence-electron chi connectivity index (χ1n) is 5.51. The number of nitrogens with two attached hydrogens (primary N) is 1. The van der Waals surface area contributed by atoms with Gasteiger partial charge in [-0.15, -0.1) is 0 Å². The fraction of sp³-hybridized carbons (Fsp3) is 0. The molecule has 88 valence electrons. The van der Waals surface area contributed by atoms with Gasteiger partial charge >= 0.3 is 0 Å². The van der Waals surface area contributed by atoms with Gasteiger partial charge in [0.05, 0.1) is 0 Å². The molecule has 0 aliphatic heterocycles. The van der Waals surface area contributed by atoms with Crippen molar-refractivity contribution in [3.8, 4) is 0 Å². The van der Waals surface area contributed by atoms with Crippen molar-refractivity contribution in [2.24, 2.45) is 0 Å². The van der Waals surface area contributed by atoms with Crippen LogP contribution in [0.1, 0.15) is 0 Å². The minimum absolute atomic E-state index is 0.439. The van der Waals surface area contributed by atoms with Gasteiger partial charge in [-0.1, -0.05) is 12.1 Å². The second-order valence-corrected chi connectivity index (χ2v) is 3.83. The molecular weight excluding hydrogens is 226 g/mol. The molecule has 0 fully saturated rings. The molecule has 3 aromatic rings. The molecule has 0 aliphatic rings. The highest BCUT2D eigenvalue weighted by Crippen LogP contribution is 2.24. The standard InChI is InChI=1S/C13H11N5/c14-12-5-7-16-13(18-12)17-11-3-1-2-9-8-15-6-4-10(9)11/h1-8H,(H3,14,16,17,18). The predicted molar refractivity (Wildman–Crippen MR) is 71.5 cm³/mol. The van der Waals surface area contributed by atoms with E-state index in [0.717, 1.165) is 16.5 Å². The average Bonchev–Trinajstić information content (AvgIpc) is 2.39. The molecule has 5 nitrogen and oxygen atoms in total. The maximum atomic E-state index is 5.62. The number of anilines is 3. The van der Waals surface area contributed by atoms with Crippen LogP contribution in [0.2, 0.25) is 0 Å². The summed E-state index contributed by atoms with van der Waals surface area (Å²) in [6, 6.07) is 9.53. The Kier molecular flexibility index (Phi) is 2.49. The quantitative estimate of drug-likeness (QED) is 0.715. The molecule has 0 amide bonds. The normalized spacial score (nSPS) is 10.4. The molecule has 0 saturated heterocycles. The van der Waals surface area contributed by atoms with Crippen molar-refractivity contribution in [1.29, 1.82) is 0 Å². The smallest absolute Gasteiger partial charge is 0.229 e. The lowest BCUT2D eigenvalue weighted by molar-refractivity contribution is 1.18. The molecule has 5 heteroatoms. The highest BCUT2D eigenvalue weighted by atomic mass is 15.1. The fourth-order valence-electron chi connectivity index (χ4n) is 1.78. The molecule has 0 spiro atoms. The molecule has 18 heavy (non-hydrogen) atoms. The van der Waals surface area contributed by atoms with Crippen LogP contribution in [-0.4, -0.2) is 15.0 Å². The van der Waals surface area contributed by atoms with Gasteiger partial charge in [-0.25, -0.2) is 4.98 Å². The number of pyridine rings is 1. The van der Waals surface area contributed by atoms with E-state index in [4.69, 9.17) is 5.73 Å². The van der Waals surface area contributed by atoms with Crippen molar-refractivity contribution in [2.45, 2.75) is 0 Å². The second-order valence-electron chi connectivity index (χ2n) is 3.83. The molecule has 1 aromatic carbocycles. The lowest BCUT2D eigenvalue weighted by Gasteiger charge is -2.08. The number of benzene rings is 1. The number of aromatic nitrogens is 3. The molecule has 3 N–H and O–H groups in total. The maximum absolute atomic E-state index is 5.62. The van der Waals surface area contributed by atoms with E-state index in [9.17, 15) is 0 Å². The number of rotatable bonds is 2. The Morgan fingerprint density at radius 1 is 1.06 bits per heavy atom. The summed E-state index contributed by atoms with van der Waals surface area (Å²) in [6.45, 7) is 0. The lowest BCUT2D eigenvalue weighted by Crippen LogP contribution is -1.99. The Hall–Kier alpha value is -2.69. The number of hydrogen-bond acceptors (Lipinski definition) is 5. The van der Waals surface area contributed by atoms with E-state index in [1.54, 1.807) is 18.5 Å². The number of nitrogens with zero attached hydrogens (tertiary/aromatic N) is 3. The number of nitrogen functional groups attached to an aromatic ring is 1. The van der Waals surface area contributed by atoms with E-state index in [0.29, 0.717) is 11.8 Å². The monoisotopic (exact) mass is 237 g/mol. The van der Waals surface area contributed by atoms with Crippen molar-refractivity contribution in [3.05, 3.63) is 48.9 Å². The first kappa shape index (κ1) is 10.5. The molecule has 2 heterocycles. The highest BCUT2D eigenvalue weighted by molar-refractivity contribution is 5.94. The van der Waals surface area contributed by atoms with E-state index in [2.05, 4.69) is 20.3 Å². The van der Waals surface area contributed by atoms with Gasteiger partial charge in [0.25, 0.3) is 0 Å². The third-order valence-electron chi connectivity index (χ3n) is 2.60. The topological polar surface area (TPSA) is 76.7 Å². The average molecular weight is 237 g/mol. The van der Waals surface area contributed by atoms with E-state index in [1.165, 1.54) is 0 Å². The first-order chi connectivity index (χ1) is 8.83. The van der Waals surface area contributed by atoms with Crippen molar-refractivity contribution in [2.75, 3.05) is 11.1 Å². The van der Waals surface area contributed by atoms with Crippen LogP contribution < -0.4 is 11.1 Å². The summed E-state index contributed by atoms with van der Waals surface area (Å²) in [4.78, 5) is 12.3. The first-order valence-corrected chi connectivity index (χ1v) is 5.51. The number of fused-ring (bicyclic) bond motifs is 1. The molecule has 3 rings (SSSR count). The van der Waals surface area contributed by atoms with E-state index < -0.39 is 0 Å². The Morgan fingerprint density at radius 3 is 2.89 bits per heavy atom. The van der Waals surface area contributed by atoms with Crippen molar-refractivity contribution < 1.29 is 0 Å². The fourth-order valence-corrected chi connectivity index (χ4v) is 1.78. The maximum Gasteiger partial charge on any atom is 0.229 e. The molecule has 0 aliphatic carbocycles. The van der Waals surface area contributed by atoms with Crippen molar-refractivity contribution in [3.63, 3.8) is 0 Å². The van der Waals surface area contributed by atoms with Crippen LogP contribution >= 0.6 is 0 Å². The van der Waals surface area contributed by atoms with E-state index in [-0.39, 0.29) is 0 Å². The van der Waals surface area contributed by atoms with Gasteiger partial charge in [0, 0.05) is 35.1 Å². The van der Waals surface area contributed by atoms with Crippen molar-refractivity contribution >= 4 is 28.2 Å². The van der Waals surface area contributed by atoms with Gasteiger partial charge in [-0.3, -0.25) is 4.98 Å². The van der Waals surface area contributed by atoms with E-state index in [1.807, 2.05) is 30.5 Å². The van der Waals surface area contributed by atoms with E-state index >= 15 is 0 Å². The van der Waals surface area contributed by atoms with Crippen LogP contribution in [0.3, 0.4) is 0 Å². The summed E-state index contributed by atoms with van der Waals surface area (Å²) in [6.07, 6.45) is 5.20. The zero-order valence-corrected chi connectivity index (χ0v) is 9.54. The number of hydrogen-bond donors (Lipinski definition) is 2. The molecule has 0 radical (unpaired) electrons. The zero-order valence-electron chi connectivity index (χ0n) is 9.54. The molecule has 0 atom stereocenters. The molecule has 0 unspecified atom stereocenters. The van der Waals surface area contributed by atoms with Crippen molar-refractivity contribution in [1.82, 2.24) is 15.0 Å². The number of nitrogens with one attached hydrogen (secondary N) is 1. The zero-order chi connectivity index (χ0) is 12.4. The summed E-state index contributed by atoms with van der Waals surface area (Å²) in [5, 5.41) is 5.29. The van der Waals surface area contributed by atoms with Gasteiger partial charge in [0.1, 0.15) is 5.82 Å². The summed E-state index contributed by atoms with van der Waals surface area (Å²) in [5.74, 6) is 0.925. The Morgan fingerprint density at radius 2 is 2.00 bits per heavy atom.